The molecule has 4 nitrogen and oxygen atoms in total. The number of carbonyl (C=O) groups excluding carboxylic acids is 1. The number of carbonyl (C=O) groups is 1. The number of nitrogens with two attached hydrogens (primary N) is 1. The number of allylic oxidation sites excluding steroid dienone is 2. The van der Waals surface area contributed by atoms with Crippen molar-refractivity contribution in [1.82, 2.24) is 0 Å². The van der Waals surface area contributed by atoms with Crippen molar-refractivity contribution in [2.75, 3.05) is 27.2 Å². The average Bonchev–Trinajstić information content (AvgIpc) is 2.65. The van der Waals surface area contributed by atoms with Crippen LogP contribution in [0.5, 0.6) is 0 Å². The molecular weight excluding hydrogens is 396 g/mol. The lowest BCUT2D eigenvalue weighted by atomic mass is 10.1. The first kappa shape index (κ1) is 34.0. The second kappa shape index (κ2) is 26.5. The van der Waals surface area contributed by atoms with Gasteiger partial charge >= 0.3 is 0 Å². The maximum absolute atomic E-state index is 10.5. The van der Waals surface area contributed by atoms with E-state index in [1.54, 1.807) is 0 Å². The van der Waals surface area contributed by atoms with Gasteiger partial charge in [-0.3, -0.25) is 4.79 Å². The highest BCUT2D eigenvalue weighted by atomic mass is 35.5. The number of primary amides is 1. The Morgan fingerprint density at radius 2 is 1.23 bits per heavy atom. The number of hydrogen-bond donors (Lipinski definition) is 1. The van der Waals surface area contributed by atoms with E-state index < -0.39 is 0 Å². The Balaban J connectivity index is -0.000000616. The van der Waals surface area contributed by atoms with Gasteiger partial charge in [0.25, 0.3) is 0 Å². The third-order valence-corrected chi connectivity index (χ3v) is 4.93. The minimum absolute atomic E-state index is 0. The SMILES string of the molecule is CCCCCCCC/C=C\CCCCCCCC(N)=O.CCC[N+](C)(C)OCC.[Cl-]. The Kier molecular flexibility index (Phi) is 30.0. The molecule has 0 fully saturated rings. The summed E-state index contributed by atoms with van der Waals surface area (Å²) in [5, 5.41) is 0. The number of unbranched alkanes of at least 4 members (excludes halogenated alkanes) is 11. The second-order valence-corrected chi connectivity index (χ2v) is 8.52. The van der Waals surface area contributed by atoms with Gasteiger partial charge in [-0.2, -0.15) is 4.65 Å². The molecule has 0 radical (unpaired) electrons. The molecule has 0 spiro atoms. The van der Waals surface area contributed by atoms with Crippen LogP contribution in [-0.4, -0.2) is 37.8 Å². The lowest BCUT2D eigenvalue weighted by Gasteiger charge is -2.25. The molecule has 0 rings (SSSR count). The molecule has 0 bridgehead atoms. The number of hydrogen-bond acceptors (Lipinski definition) is 2. The van der Waals surface area contributed by atoms with Gasteiger partial charge in [0, 0.05) is 6.42 Å². The van der Waals surface area contributed by atoms with E-state index in [0.29, 0.717) is 11.1 Å². The van der Waals surface area contributed by atoms with E-state index >= 15 is 0 Å². The van der Waals surface area contributed by atoms with Gasteiger partial charge in [0.05, 0.1) is 14.1 Å². The molecule has 1 amide bonds. The smallest absolute Gasteiger partial charge is 0.217 e. The zero-order chi connectivity index (χ0) is 22.2. The van der Waals surface area contributed by atoms with Crippen molar-refractivity contribution in [2.45, 2.75) is 117 Å². The average molecular weight is 449 g/mol. The largest absolute Gasteiger partial charge is 1.00 e. The summed E-state index contributed by atoms with van der Waals surface area (Å²) in [5.41, 5.74) is 5.10. The van der Waals surface area contributed by atoms with Crippen LogP contribution in [0.25, 0.3) is 0 Å². The van der Waals surface area contributed by atoms with E-state index in [9.17, 15) is 4.79 Å². The number of quaternary nitrogens is 1. The molecule has 182 valence electrons. The third kappa shape index (κ3) is 32.1. The van der Waals surface area contributed by atoms with Crippen LogP contribution in [0.4, 0.5) is 0 Å². The Labute approximate surface area is 195 Å². The molecule has 0 aliphatic carbocycles. The summed E-state index contributed by atoms with van der Waals surface area (Å²) in [5.74, 6) is -0.164. The number of hydroxylamine groups is 3. The topological polar surface area (TPSA) is 52.3 Å². The van der Waals surface area contributed by atoms with Crippen molar-refractivity contribution in [1.29, 1.82) is 0 Å². The molecule has 0 aromatic rings. The standard InChI is InChI=1S/C18H35NO.C7H18NO.ClH/c1-2-3-4-5-6-7-8-9-10-11-12-13-14-15-16-17-18(19)20;1-5-7-8(3,4)9-6-2;/h9-10H,2-8,11-17H2,1H3,(H2,19,20);5-7H2,1-4H3;1H/q;+1;/p-1/b10-9-;;. The predicted molar refractivity (Wildman–Crippen MR) is 128 cm³/mol. The fourth-order valence-corrected chi connectivity index (χ4v) is 3.32. The first-order chi connectivity index (χ1) is 13.9. The molecule has 0 saturated carbocycles. The highest BCUT2D eigenvalue weighted by Crippen LogP contribution is 2.09. The lowest BCUT2D eigenvalue weighted by Crippen LogP contribution is -3.00. The van der Waals surface area contributed by atoms with Gasteiger partial charge in [0.2, 0.25) is 5.91 Å². The first-order valence-corrected chi connectivity index (χ1v) is 12.3. The third-order valence-electron chi connectivity index (χ3n) is 4.93. The van der Waals surface area contributed by atoms with Crippen LogP contribution in [-0.2, 0) is 9.63 Å². The van der Waals surface area contributed by atoms with Crippen molar-refractivity contribution in [3.63, 3.8) is 0 Å². The number of halogens is 1. The number of amides is 1. The molecule has 0 atom stereocenters. The normalized spacial score (nSPS) is 11.1. The molecular formula is C25H53ClN2O2. The first-order valence-electron chi connectivity index (χ1n) is 12.3. The summed E-state index contributed by atoms with van der Waals surface area (Å²) < 4.78 is 0.688. The van der Waals surface area contributed by atoms with E-state index in [4.69, 9.17) is 10.6 Å². The lowest BCUT2D eigenvalue weighted by molar-refractivity contribution is -1.08. The van der Waals surface area contributed by atoms with Gasteiger partial charge in [-0.15, -0.1) is 0 Å². The van der Waals surface area contributed by atoms with E-state index in [1.165, 1.54) is 77.0 Å². The molecule has 30 heavy (non-hydrogen) atoms. The second-order valence-electron chi connectivity index (χ2n) is 8.52. The van der Waals surface area contributed by atoms with E-state index in [2.05, 4.69) is 40.1 Å². The minimum Gasteiger partial charge on any atom is -1.00 e. The molecule has 2 N–H and O–H groups in total. The minimum atomic E-state index is -0.164. The predicted octanol–water partition coefficient (Wildman–Crippen LogP) is 3.94. The van der Waals surface area contributed by atoms with Crippen LogP contribution in [0.15, 0.2) is 12.2 Å². The summed E-state index contributed by atoms with van der Waals surface area (Å²) >= 11 is 0. The number of nitrogens with zero attached hydrogens (tertiary/aromatic N) is 1. The Hall–Kier alpha value is -0.580. The van der Waals surface area contributed by atoms with E-state index in [-0.39, 0.29) is 18.3 Å². The molecule has 0 aromatic heterocycles. The Bertz CT molecular complexity index is 366. The van der Waals surface area contributed by atoms with Gasteiger partial charge in [0.1, 0.15) is 13.2 Å². The van der Waals surface area contributed by atoms with Gasteiger partial charge in [-0.05, 0) is 45.4 Å². The summed E-state index contributed by atoms with van der Waals surface area (Å²) in [6, 6.07) is 0. The fraction of sp³-hybridized carbons (Fsp3) is 0.880. The van der Waals surface area contributed by atoms with Crippen molar-refractivity contribution < 1.29 is 26.7 Å². The van der Waals surface area contributed by atoms with Crippen molar-refractivity contribution in [3.05, 3.63) is 12.2 Å². The Morgan fingerprint density at radius 3 is 1.67 bits per heavy atom. The molecule has 0 heterocycles. The molecule has 0 aliphatic heterocycles. The van der Waals surface area contributed by atoms with Gasteiger partial charge in [0.15, 0.2) is 0 Å². The van der Waals surface area contributed by atoms with Gasteiger partial charge in [-0.25, -0.2) is 4.84 Å². The maximum Gasteiger partial charge on any atom is 0.217 e. The summed E-state index contributed by atoms with van der Waals surface area (Å²) in [4.78, 5) is 16.0. The van der Waals surface area contributed by atoms with Gasteiger partial charge in [-0.1, -0.05) is 77.4 Å². The molecule has 5 heteroatoms. The van der Waals surface area contributed by atoms with Crippen molar-refractivity contribution in [3.8, 4) is 0 Å². The summed E-state index contributed by atoms with van der Waals surface area (Å²) in [7, 11) is 4.15. The van der Waals surface area contributed by atoms with Crippen molar-refractivity contribution >= 4 is 5.91 Å². The van der Waals surface area contributed by atoms with Crippen LogP contribution in [0.3, 0.4) is 0 Å². The van der Waals surface area contributed by atoms with Crippen LogP contribution in [0, 0.1) is 0 Å². The maximum atomic E-state index is 10.5. The van der Waals surface area contributed by atoms with Crippen molar-refractivity contribution in [2.24, 2.45) is 5.73 Å². The highest BCUT2D eigenvalue weighted by molar-refractivity contribution is 5.73. The fourth-order valence-electron chi connectivity index (χ4n) is 3.32. The van der Waals surface area contributed by atoms with Crippen LogP contribution < -0.4 is 18.1 Å². The van der Waals surface area contributed by atoms with Crippen LogP contribution in [0.1, 0.15) is 117 Å². The number of rotatable bonds is 19. The highest BCUT2D eigenvalue weighted by Gasteiger charge is 2.12. The van der Waals surface area contributed by atoms with E-state index in [0.717, 1.165) is 26.0 Å². The van der Waals surface area contributed by atoms with Gasteiger partial charge < -0.3 is 18.1 Å². The molecule has 0 saturated heterocycles. The molecule has 0 unspecified atom stereocenters. The molecule has 0 aromatic carbocycles. The zero-order valence-electron chi connectivity index (χ0n) is 20.9. The summed E-state index contributed by atoms with van der Waals surface area (Å²) in [6.07, 6.45) is 23.1. The summed E-state index contributed by atoms with van der Waals surface area (Å²) in [6.45, 7) is 8.34. The molecule has 0 aliphatic rings. The monoisotopic (exact) mass is 448 g/mol. The Morgan fingerprint density at radius 1 is 0.767 bits per heavy atom. The van der Waals surface area contributed by atoms with Crippen LogP contribution in [0.2, 0.25) is 0 Å². The van der Waals surface area contributed by atoms with E-state index in [1.807, 2.05) is 6.92 Å². The van der Waals surface area contributed by atoms with Crippen LogP contribution >= 0.6 is 0 Å². The quantitative estimate of drug-likeness (QED) is 0.141. The zero-order valence-corrected chi connectivity index (χ0v) is 21.7.